The van der Waals surface area contributed by atoms with Gasteiger partial charge < -0.3 is 15.1 Å². The van der Waals surface area contributed by atoms with Crippen molar-refractivity contribution in [3.05, 3.63) is 96.1 Å². The fourth-order valence-electron chi connectivity index (χ4n) is 4.31. The smallest absolute Gasteiger partial charge is 0.236 e. The zero-order valence-corrected chi connectivity index (χ0v) is 19.3. The van der Waals surface area contributed by atoms with E-state index < -0.39 is 0 Å². The summed E-state index contributed by atoms with van der Waals surface area (Å²) in [5.41, 5.74) is 3.81. The van der Waals surface area contributed by atoms with Crippen LogP contribution in [0.5, 0.6) is 0 Å². The fraction of sp³-hybridized carbons (Fsp3) is 0.286. The quantitative estimate of drug-likeness (QED) is 0.600. The molecule has 5 nitrogen and oxygen atoms in total. The van der Waals surface area contributed by atoms with Gasteiger partial charge in [0.15, 0.2) is 0 Å². The molecule has 0 aromatic heterocycles. The molecule has 1 fully saturated rings. The first-order chi connectivity index (χ1) is 16.0. The number of rotatable bonds is 6. The topological polar surface area (TPSA) is 52.7 Å². The highest BCUT2D eigenvalue weighted by Gasteiger charge is 2.24. The van der Waals surface area contributed by atoms with E-state index in [4.69, 9.17) is 0 Å². The Balaban J connectivity index is 1.43. The van der Waals surface area contributed by atoms with Gasteiger partial charge in [-0.05, 0) is 35.4 Å². The Kier molecular flexibility index (Phi) is 7.08. The van der Waals surface area contributed by atoms with Crippen molar-refractivity contribution in [3.8, 4) is 0 Å². The van der Waals surface area contributed by atoms with Crippen LogP contribution in [0.15, 0.2) is 84.9 Å². The molecule has 1 aliphatic heterocycles. The van der Waals surface area contributed by atoms with Crippen LogP contribution in [0.3, 0.4) is 0 Å². The maximum Gasteiger partial charge on any atom is 0.236 e. The summed E-state index contributed by atoms with van der Waals surface area (Å²) in [6.45, 7) is 7.00. The lowest BCUT2D eigenvalue weighted by Crippen LogP contribution is -2.49. The highest BCUT2D eigenvalue weighted by Crippen LogP contribution is 2.27. The molecular formula is C28H31N3O2. The molecule has 1 aliphatic rings. The second kappa shape index (κ2) is 10.3. The number of hydrogen-bond acceptors (Lipinski definition) is 3. The highest BCUT2D eigenvalue weighted by molar-refractivity contribution is 5.98. The third-order valence-electron chi connectivity index (χ3n) is 6.11. The number of piperazine rings is 1. The van der Waals surface area contributed by atoms with Gasteiger partial charge in [0, 0.05) is 43.5 Å². The second-order valence-corrected chi connectivity index (χ2v) is 8.76. The Hall–Kier alpha value is -3.60. The first-order valence-corrected chi connectivity index (χ1v) is 11.6. The van der Waals surface area contributed by atoms with E-state index in [1.807, 2.05) is 104 Å². The third-order valence-corrected chi connectivity index (χ3v) is 6.11. The number of carbonyl (C=O) groups excluding carboxylic acids is 2. The minimum atomic E-state index is -0.376. The third kappa shape index (κ3) is 5.43. The molecule has 0 atom stereocenters. The monoisotopic (exact) mass is 441 g/mol. The van der Waals surface area contributed by atoms with Crippen molar-refractivity contribution in [1.82, 2.24) is 4.90 Å². The summed E-state index contributed by atoms with van der Waals surface area (Å²) < 4.78 is 0. The molecule has 33 heavy (non-hydrogen) atoms. The maximum absolute atomic E-state index is 13.3. The summed E-state index contributed by atoms with van der Waals surface area (Å²) in [5.74, 6) is -0.172. The van der Waals surface area contributed by atoms with Crippen molar-refractivity contribution in [2.75, 3.05) is 36.4 Å². The van der Waals surface area contributed by atoms with Gasteiger partial charge >= 0.3 is 0 Å². The van der Waals surface area contributed by atoms with E-state index in [2.05, 4.69) is 10.2 Å². The van der Waals surface area contributed by atoms with E-state index >= 15 is 0 Å². The van der Waals surface area contributed by atoms with Crippen molar-refractivity contribution < 1.29 is 9.59 Å². The summed E-state index contributed by atoms with van der Waals surface area (Å²) >= 11 is 0. The molecule has 0 saturated carbocycles. The minimum Gasteiger partial charge on any atom is -0.368 e. The minimum absolute atomic E-state index is 0.0371. The lowest BCUT2D eigenvalue weighted by atomic mass is 9.90. The number of nitrogens with zero attached hydrogens (tertiary/aromatic N) is 2. The molecule has 1 heterocycles. The van der Waals surface area contributed by atoms with Crippen LogP contribution in [0.25, 0.3) is 0 Å². The van der Waals surface area contributed by atoms with Crippen molar-refractivity contribution >= 4 is 23.2 Å². The van der Waals surface area contributed by atoms with Gasteiger partial charge in [-0.1, -0.05) is 74.5 Å². The Labute approximate surface area is 196 Å². The molecule has 3 aromatic carbocycles. The Morgan fingerprint density at radius 2 is 1.24 bits per heavy atom. The van der Waals surface area contributed by atoms with Gasteiger partial charge in [0.1, 0.15) is 0 Å². The van der Waals surface area contributed by atoms with Crippen LogP contribution < -0.4 is 10.2 Å². The van der Waals surface area contributed by atoms with Gasteiger partial charge in [0.25, 0.3) is 0 Å². The van der Waals surface area contributed by atoms with Gasteiger partial charge in [-0.25, -0.2) is 0 Å². The number of anilines is 2. The lowest BCUT2D eigenvalue weighted by Gasteiger charge is -2.37. The average molecular weight is 442 g/mol. The molecule has 4 rings (SSSR count). The first-order valence-electron chi connectivity index (χ1n) is 11.6. The van der Waals surface area contributed by atoms with E-state index in [1.165, 1.54) is 0 Å². The largest absolute Gasteiger partial charge is 0.368 e. The number of hydrogen-bond donors (Lipinski definition) is 1. The van der Waals surface area contributed by atoms with Gasteiger partial charge in [-0.3, -0.25) is 9.59 Å². The van der Waals surface area contributed by atoms with Crippen LogP contribution in [-0.4, -0.2) is 42.9 Å². The average Bonchev–Trinajstić information content (AvgIpc) is 2.85. The normalized spacial score (nSPS) is 13.9. The molecular weight excluding hydrogens is 410 g/mol. The molecule has 3 aromatic rings. The van der Waals surface area contributed by atoms with Gasteiger partial charge in [0.2, 0.25) is 11.8 Å². The number of carbonyl (C=O) groups is 2. The SMILES string of the molecule is CC(C)C(=O)N1CCN(c2ccc(NC(=O)C(c3ccccc3)c3ccccc3)cc2)CC1. The van der Waals surface area contributed by atoms with E-state index in [0.29, 0.717) is 0 Å². The van der Waals surface area contributed by atoms with Crippen LogP contribution in [0.4, 0.5) is 11.4 Å². The van der Waals surface area contributed by atoms with Crippen molar-refractivity contribution in [2.45, 2.75) is 19.8 Å². The number of nitrogens with one attached hydrogen (secondary N) is 1. The molecule has 1 N–H and O–H groups in total. The molecule has 0 radical (unpaired) electrons. The predicted octanol–water partition coefficient (Wildman–Crippen LogP) is 4.76. The van der Waals surface area contributed by atoms with Gasteiger partial charge in [0.05, 0.1) is 5.92 Å². The van der Waals surface area contributed by atoms with Crippen LogP contribution in [0.2, 0.25) is 0 Å². The molecule has 5 heteroatoms. The molecule has 0 aliphatic carbocycles. The van der Waals surface area contributed by atoms with Crippen molar-refractivity contribution in [1.29, 1.82) is 0 Å². The van der Waals surface area contributed by atoms with Crippen molar-refractivity contribution in [3.63, 3.8) is 0 Å². The zero-order valence-electron chi connectivity index (χ0n) is 19.3. The summed E-state index contributed by atoms with van der Waals surface area (Å²) in [5, 5.41) is 3.09. The molecule has 2 amide bonds. The zero-order chi connectivity index (χ0) is 23.2. The standard InChI is InChI=1S/C28H31N3O2/c1-21(2)28(33)31-19-17-30(18-20-31)25-15-13-24(14-16-25)29-27(32)26(22-9-5-3-6-10-22)23-11-7-4-8-12-23/h3-16,21,26H,17-20H2,1-2H3,(H,29,32). The van der Waals surface area contributed by atoms with E-state index in [9.17, 15) is 9.59 Å². The molecule has 170 valence electrons. The summed E-state index contributed by atoms with van der Waals surface area (Å²) in [4.78, 5) is 29.7. The van der Waals surface area contributed by atoms with E-state index in [1.54, 1.807) is 0 Å². The Bertz CT molecular complexity index is 1020. The highest BCUT2D eigenvalue weighted by atomic mass is 16.2. The number of amides is 2. The fourth-order valence-corrected chi connectivity index (χ4v) is 4.31. The van der Waals surface area contributed by atoms with Crippen LogP contribution in [0.1, 0.15) is 30.9 Å². The number of benzene rings is 3. The molecule has 0 unspecified atom stereocenters. The van der Waals surface area contributed by atoms with Crippen LogP contribution in [0, 0.1) is 5.92 Å². The van der Waals surface area contributed by atoms with E-state index in [0.717, 1.165) is 48.7 Å². The second-order valence-electron chi connectivity index (χ2n) is 8.76. The van der Waals surface area contributed by atoms with Crippen LogP contribution >= 0.6 is 0 Å². The van der Waals surface area contributed by atoms with Crippen LogP contribution in [-0.2, 0) is 9.59 Å². The summed E-state index contributed by atoms with van der Waals surface area (Å²) in [6, 6.07) is 27.7. The molecule has 0 bridgehead atoms. The van der Waals surface area contributed by atoms with Gasteiger partial charge in [-0.15, -0.1) is 0 Å². The summed E-state index contributed by atoms with van der Waals surface area (Å²) in [6.07, 6.45) is 0. The van der Waals surface area contributed by atoms with E-state index in [-0.39, 0.29) is 23.7 Å². The predicted molar refractivity (Wildman–Crippen MR) is 133 cm³/mol. The molecule has 0 spiro atoms. The Morgan fingerprint density at radius 1 is 0.727 bits per heavy atom. The van der Waals surface area contributed by atoms with Crippen molar-refractivity contribution in [2.24, 2.45) is 5.92 Å². The first kappa shape index (κ1) is 22.6. The summed E-state index contributed by atoms with van der Waals surface area (Å²) in [7, 11) is 0. The van der Waals surface area contributed by atoms with Gasteiger partial charge in [-0.2, -0.15) is 0 Å². The Morgan fingerprint density at radius 3 is 1.73 bits per heavy atom. The maximum atomic E-state index is 13.3. The molecule has 1 saturated heterocycles. The lowest BCUT2D eigenvalue weighted by molar-refractivity contribution is -0.134.